The second-order valence-electron chi connectivity index (χ2n) is 9.06. The minimum Gasteiger partial charge on any atom is -0.392 e. The summed E-state index contributed by atoms with van der Waals surface area (Å²) in [4.78, 5) is 61.3. The molecule has 5 amide bonds. The first-order chi connectivity index (χ1) is 18.8. The van der Waals surface area contributed by atoms with E-state index in [-0.39, 0.29) is 36.3 Å². The van der Waals surface area contributed by atoms with Crippen molar-refractivity contribution in [2.45, 2.75) is 72.2 Å². The van der Waals surface area contributed by atoms with Gasteiger partial charge in [0.15, 0.2) is 0 Å². The van der Waals surface area contributed by atoms with Crippen molar-refractivity contribution in [2.24, 2.45) is 5.92 Å². The molecule has 1 aromatic rings. The van der Waals surface area contributed by atoms with Gasteiger partial charge in [-0.2, -0.15) is 13.2 Å². The number of carbonyl (C=O) groups excluding carboxylic acids is 5. The zero-order valence-electron chi connectivity index (χ0n) is 23.1. The number of nitrogens with zero attached hydrogens (tertiary/aromatic N) is 1. The molecule has 1 atom stereocenters. The standard InChI is InChI=1S/C25H31F3N4O6.C2H6/c1-15(2)23(31-19(34)6-4-3-5-11-32-21(36)9-10-22(32)37)24(38)29-13-20(35)30-18-8-7-16(14-33)12-17(18)25(26,27)28;1-2/h7-10,12,15,23,33H,3-6,11,13-14H2,1-2H3,(H,29,38)(H,30,35)(H,31,34);1-2H3. The fourth-order valence-electron chi connectivity index (χ4n) is 3.67. The Bertz CT molecular complexity index is 1070. The number of hydrogen-bond donors (Lipinski definition) is 4. The smallest absolute Gasteiger partial charge is 0.392 e. The van der Waals surface area contributed by atoms with E-state index in [4.69, 9.17) is 5.11 Å². The van der Waals surface area contributed by atoms with Crippen LogP contribution in [0.25, 0.3) is 0 Å². The van der Waals surface area contributed by atoms with Gasteiger partial charge in [0, 0.05) is 25.1 Å². The quantitative estimate of drug-likeness (QED) is 0.212. The summed E-state index contributed by atoms with van der Waals surface area (Å²) in [7, 11) is 0. The number of carbonyl (C=O) groups is 5. The maximum Gasteiger partial charge on any atom is 0.418 e. The van der Waals surface area contributed by atoms with Crippen molar-refractivity contribution in [3.8, 4) is 0 Å². The summed E-state index contributed by atoms with van der Waals surface area (Å²) < 4.78 is 39.9. The highest BCUT2D eigenvalue weighted by Crippen LogP contribution is 2.35. The van der Waals surface area contributed by atoms with Gasteiger partial charge in [0.2, 0.25) is 17.7 Å². The number of hydrogen-bond acceptors (Lipinski definition) is 6. The molecule has 0 bridgehead atoms. The Balaban J connectivity index is 0.00000391. The van der Waals surface area contributed by atoms with E-state index in [1.54, 1.807) is 13.8 Å². The number of aliphatic hydroxyl groups excluding tert-OH is 1. The Kier molecular flexibility index (Phi) is 14.0. The van der Waals surface area contributed by atoms with Gasteiger partial charge >= 0.3 is 6.18 Å². The highest BCUT2D eigenvalue weighted by atomic mass is 19.4. The molecule has 10 nitrogen and oxygen atoms in total. The number of nitrogens with one attached hydrogen (secondary N) is 3. The monoisotopic (exact) mass is 570 g/mol. The van der Waals surface area contributed by atoms with Crippen molar-refractivity contribution in [1.29, 1.82) is 0 Å². The molecule has 0 fully saturated rings. The van der Waals surface area contributed by atoms with Gasteiger partial charge in [-0.15, -0.1) is 0 Å². The number of halogens is 3. The predicted octanol–water partition coefficient (Wildman–Crippen LogP) is 2.90. The number of rotatable bonds is 13. The summed E-state index contributed by atoms with van der Waals surface area (Å²) in [5.41, 5.74) is -1.63. The van der Waals surface area contributed by atoms with Crippen LogP contribution in [0.5, 0.6) is 0 Å². The minimum atomic E-state index is -4.77. The average Bonchev–Trinajstić information content (AvgIpc) is 3.23. The number of alkyl halides is 3. The van der Waals surface area contributed by atoms with Crippen molar-refractivity contribution < 1.29 is 42.3 Å². The van der Waals surface area contributed by atoms with E-state index in [1.807, 2.05) is 13.8 Å². The van der Waals surface area contributed by atoms with E-state index >= 15 is 0 Å². The van der Waals surface area contributed by atoms with Crippen LogP contribution in [0.3, 0.4) is 0 Å². The molecule has 0 saturated carbocycles. The summed E-state index contributed by atoms with van der Waals surface area (Å²) in [6.45, 7) is 6.39. The average molecular weight is 571 g/mol. The van der Waals surface area contributed by atoms with Crippen LogP contribution < -0.4 is 16.0 Å². The molecule has 0 radical (unpaired) electrons. The van der Waals surface area contributed by atoms with Gasteiger partial charge in [-0.1, -0.05) is 40.2 Å². The summed E-state index contributed by atoms with van der Waals surface area (Å²) in [6, 6.07) is 2.00. The first kappa shape index (κ1) is 34.3. The largest absolute Gasteiger partial charge is 0.418 e. The topological polar surface area (TPSA) is 145 Å². The van der Waals surface area contributed by atoms with E-state index in [9.17, 15) is 37.1 Å². The summed E-state index contributed by atoms with van der Waals surface area (Å²) in [5, 5.41) is 16.1. The van der Waals surface area contributed by atoms with Gasteiger partial charge in [0.05, 0.1) is 24.4 Å². The van der Waals surface area contributed by atoms with Gasteiger partial charge in [0.1, 0.15) is 6.04 Å². The lowest BCUT2D eigenvalue weighted by molar-refractivity contribution is -0.138. The normalized spacial score (nSPS) is 13.6. The fraction of sp³-hybridized carbons (Fsp3) is 0.519. The van der Waals surface area contributed by atoms with Crippen molar-refractivity contribution in [3.05, 3.63) is 41.5 Å². The molecule has 0 saturated heterocycles. The number of benzene rings is 1. The van der Waals surface area contributed by atoms with Crippen LogP contribution in [0.1, 0.15) is 64.5 Å². The Hall–Kier alpha value is -3.74. The summed E-state index contributed by atoms with van der Waals surface area (Å²) >= 11 is 0. The van der Waals surface area contributed by atoms with Gasteiger partial charge in [0.25, 0.3) is 11.8 Å². The van der Waals surface area contributed by atoms with Crippen LogP contribution in [0.15, 0.2) is 30.4 Å². The van der Waals surface area contributed by atoms with Gasteiger partial charge in [-0.3, -0.25) is 28.9 Å². The van der Waals surface area contributed by atoms with Crippen LogP contribution in [0.2, 0.25) is 0 Å². The molecule has 40 heavy (non-hydrogen) atoms. The van der Waals surface area contributed by atoms with Crippen molar-refractivity contribution in [3.63, 3.8) is 0 Å². The Morgan fingerprint density at radius 2 is 1.60 bits per heavy atom. The van der Waals surface area contributed by atoms with Crippen LogP contribution in [0, 0.1) is 5.92 Å². The zero-order chi connectivity index (χ0) is 30.5. The maximum atomic E-state index is 13.3. The molecule has 222 valence electrons. The third-order valence-electron chi connectivity index (χ3n) is 5.72. The van der Waals surface area contributed by atoms with E-state index in [0.29, 0.717) is 19.3 Å². The SMILES string of the molecule is CC.CC(C)C(NC(=O)CCCCCN1C(=O)C=CC1=O)C(=O)NCC(=O)Nc1ccc(CO)cc1C(F)(F)F. The summed E-state index contributed by atoms with van der Waals surface area (Å²) in [6.07, 6.45) is -0.722. The number of anilines is 1. The zero-order valence-corrected chi connectivity index (χ0v) is 23.1. The molecule has 0 aromatic heterocycles. The lowest BCUT2D eigenvalue weighted by atomic mass is 10.0. The predicted molar refractivity (Wildman–Crippen MR) is 141 cm³/mol. The maximum absolute atomic E-state index is 13.3. The van der Waals surface area contributed by atoms with Crippen molar-refractivity contribution >= 4 is 35.2 Å². The Morgan fingerprint density at radius 1 is 0.975 bits per heavy atom. The number of imide groups is 1. The number of amides is 5. The lowest BCUT2D eigenvalue weighted by Crippen LogP contribution is -2.51. The molecule has 0 aliphatic carbocycles. The van der Waals surface area contributed by atoms with Crippen LogP contribution in [-0.4, -0.2) is 58.7 Å². The third kappa shape index (κ3) is 10.8. The van der Waals surface area contributed by atoms with Gasteiger partial charge in [-0.25, -0.2) is 0 Å². The molecule has 0 spiro atoms. The molecular weight excluding hydrogens is 533 g/mol. The molecule has 1 aliphatic heterocycles. The lowest BCUT2D eigenvalue weighted by Gasteiger charge is -2.22. The first-order valence-electron chi connectivity index (χ1n) is 13.0. The van der Waals surface area contributed by atoms with Gasteiger partial charge in [-0.05, 0) is 36.5 Å². The molecular formula is C27H37F3N4O6. The molecule has 1 aliphatic rings. The highest BCUT2D eigenvalue weighted by Gasteiger charge is 2.34. The molecule has 2 rings (SSSR count). The van der Waals surface area contributed by atoms with Crippen molar-refractivity contribution in [1.82, 2.24) is 15.5 Å². The molecule has 1 unspecified atom stereocenters. The number of unbranched alkanes of at least 4 members (excludes halogenated alkanes) is 2. The second-order valence-corrected chi connectivity index (χ2v) is 9.06. The van der Waals surface area contributed by atoms with Crippen molar-refractivity contribution in [2.75, 3.05) is 18.4 Å². The minimum absolute atomic E-state index is 0.0215. The molecule has 1 heterocycles. The van der Waals surface area contributed by atoms with E-state index in [0.717, 1.165) is 17.0 Å². The molecule has 13 heteroatoms. The third-order valence-corrected chi connectivity index (χ3v) is 5.72. The van der Waals surface area contributed by atoms with E-state index < -0.39 is 54.3 Å². The van der Waals surface area contributed by atoms with Crippen LogP contribution in [0.4, 0.5) is 18.9 Å². The fourth-order valence-corrected chi connectivity index (χ4v) is 3.67. The van der Waals surface area contributed by atoms with E-state index in [1.165, 1.54) is 18.2 Å². The Morgan fingerprint density at radius 3 is 2.15 bits per heavy atom. The van der Waals surface area contributed by atoms with Gasteiger partial charge < -0.3 is 21.1 Å². The van der Waals surface area contributed by atoms with Crippen LogP contribution in [-0.2, 0) is 36.8 Å². The van der Waals surface area contributed by atoms with Crippen LogP contribution >= 0.6 is 0 Å². The van der Waals surface area contributed by atoms with E-state index in [2.05, 4.69) is 16.0 Å². The molecule has 4 N–H and O–H groups in total. The summed E-state index contributed by atoms with van der Waals surface area (Å²) in [5.74, 6) is -3.06. The number of aliphatic hydroxyl groups is 1. The Labute approximate surface area is 231 Å². The second kappa shape index (κ2) is 16.4. The first-order valence-corrected chi connectivity index (χ1v) is 13.0. The highest BCUT2D eigenvalue weighted by molar-refractivity contribution is 6.12. The molecule has 1 aromatic carbocycles.